The van der Waals surface area contributed by atoms with E-state index in [1.807, 2.05) is 37.3 Å². The van der Waals surface area contributed by atoms with E-state index in [9.17, 15) is 13.6 Å². The van der Waals surface area contributed by atoms with Gasteiger partial charge in [0.1, 0.15) is 5.69 Å². The van der Waals surface area contributed by atoms with Gasteiger partial charge in [-0.1, -0.05) is 22.2 Å². The highest BCUT2D eigenvalue weighted by atomic mass is 31.0. The number of carbonyl (C=O) groups excluding carboxylic acids is 1. The standard InChI is InChI=1S/C22H22F2N3OP/c1-4-15-5-6-16(12-18(15)19-11-13(2)9-10-25-19)27-21(28)17-7-8-20(22(23,24)29)26-14(17)3/h5-12H,4,29H2,1-3H3,(H,27,28). The van der Waals surface area contributed by atoms with Gasteiger partial charge < -0.3 is 5.32 Å². The number of nitrogens with zero attached hydrogens (tertiary/aromatic N) is 2. The zero-order valence-electron chi connectivity index (χ0n) is 16.5. The van der Waals surface area contributed by atoms with Crippen LogP contribution in [0.25, 0.3) is 11.3 Å². The molecule has 0 fully saturated rings. The number of rotatable bonds is 5. The molecule has 0 aliphatic carbocycles. The zero-order chi connectivity index (χ0) is 21.2. The van der Waals surface area contributed by atoms with Crippen molar-refractivity contribution >= 4 is 20.8 Å². The number of hydrogen-bond acceptors (Lipinski definition) is 3. The number of amides is 1. The Balaban J connectivity index is 1.91. The number of hydrogen-bond donors (Lipinski definition) is 1. The molecule has 4 nitrogen and oxygen atoms in total. The van der Waals surface area contributed by atoms with E-state index in [0.29, 0.717) is 5.69 Å². The number of alkyl halides is 2. The van der Waals surface area contributed by atoms with Crippen LogP contribution < -0.4 is 5.32 Å². The van der Waals surface area contributed by atoms with E-state index in [1.165, 1.54) is 22.2 Å². The lowest BCUT2D eigenvalue weighted by Crippen LogP contribution is -2.16. The van der Waals surface area contributed by atoms with E-state index in [1.54, 1.807) is 6.20 Å². The summed E-state index contributed by atoms with van der Waals surface area (Å²) in [5, 5.41) is 2.83. The SMILES string of the molecule is CCc1ccc(NC(=O)c2ccc(C(F)(F)P)nc2C)cc1-c1cc(C)ccn1. The molecule has 150 valence electrons. The van der Waals surface area contributed by atoms with E-state index >= 15 is 0 Å². The van der Waals surface area contributed by atoms with Crippen LogP contribution >= 0.6 is 9.24 Å². The highest BCUT2D eigenvalue weighted by Crippen LogP contribution is 2.34. The lowest BCUT2D eigenvalue weighted by Gasteiger charge is -2.14. The number of pyridine rings is 2. The van der Waals surface area contributed by atoms with Gasteiger partial charge in [-0.05, 0) is 67.8 Å². The molecule has 3 rings (SSSR count). The third-order valence-corrected chi connectivity index (χ3v) is 4.91. The maximum absolute atomic E-state index is 13.4. The van der Waals surface area contributed by atoms with E-state index < -0.39 is 17.3 Å². The number of halogens is 2. The average molecular weight is 413 g/mol. The molecule has 1 N–H and O–H groups in total. The molecule has 1 amide bonds. The summed E-state index contributed by atoms with van der Waals surface area (Å²) < 4.78 is 26.8. The predicted octanol–water partition coefficient (Wildman–Crippen LogP) is 5.50. The van der Waals surface area contributed by atoms with Gasteiger partial charge in [0, 0.05) is 17.4 Å². The van der Waals surface area contributed by atoms with Crippen molar-refractivity contribution in [2.24, 2.45) is 0 Å². The van der Waals surface area contributed by atoms with Crippen molar-refractivity contribution in [1.82, 2.24) is 9.97 Å². The van der Waals surface area contributed by atoms with Crippen LogP contribution in [0.3, 0.4) is 0 Å². The monoisotopic (exact) mass is 413 g/mol. The summed E-state index contributed by atoms with van der Waals surface area (Å²) in [6.45, 7) is 5.60. The summed E-state index contributed by atoms with van der Waals surface area (Å²) in [6, 6.07) is 12.1. The molecule has 29 heavy (non-hydrogen) atoms. The van der Waals surface area contributed by atoms with Crippen LogP contribution in [0.15, 0.2) is 48.7 Å². The number of nitrogens with one attached hydrogen (secondary N) is 1. The summed E-state index contributed by atoms with van der Waals surface area (Å²) in [4.78, 5) is 21.0. The molecular formula is C22H22F2N3OP. The van der Waals surface area contributed by atoms with Crippen molar-refractivity contribution in [2.75, 3.05) is 5.32 Å². The molecule has 3 aromatic rings. The van der Waals surface area contributed by atoms with Crippen molar-refractivity contribution < 1.29 is 13.6 Å². The fourth-order valence-electron chi connectivity index (χ4n) is 3.07. The molecule has 2 heterocycles. The van der Waals surface area contributed by atoms with Crippen molar-refractivity contribution in [3.05, 3.63) is 76.7 Å². The van der Waals surface area contributed by atoms with Gasteiger partial charge in [0.25, 0.3) is 11.6 Å². The summed E-state index contributed by atoms with van der Waals surface area (Å²) >= 11 is 0. The van der Waals surface area contributed by atoms with Crippen LogP contribution in [-0.2, 0) is 12.1 Å². The minimum atomic E-state index is -3.13. The molecule has 1 atom stereocenters. The summed E-state index contributed by atoms with van der Waals surface area (Å²) in [6.07, 6.45) is 2.58. The van der Waals surface area contributed by atoms with Gasteiger partial charge in [0.15, 0.2) is 0 Å². The second kappa shape index (κ2) is 8.34. The quantitative estimate of drug-likeness (QED) is 0.562. The Hall–Kier alpha value is -2.72. The van der Waals surface area contributed by atoms with Crippen molar-refractivity contribution in [1.29, 1.82) is 0 Å². The summed E-state index contributed by atoms with van der Waals surface area (Å²) in [7, 11) is 1.45. The fourth-order valence-corrected chi connectivity index (χ4v) is 3.23. The van der Waals surface area contributed by atoms with Crippen LogP contribution in [-0.4, -0.2) is 15.9 Å². The van der Waals surface area contributed by atoms with E-state index in [4.69, 9.17) is 0 Å². The first-order valence-electron chi connectivity index (χ1n) is 9.21. The first-order valence-corrected chi connectivity index (χ1v) is 9.79. The third-order valence-electron chi connectivity index (χ3n) is 4.61. The normalized spacial score (nSPS) is 11.4. The third kappa shape index (κ3) is 4.83. The zero-order valence-corrected chi connectivity index (χ0v) is 17.6. The topological polar surface area (TPSA) is 54.9 Å². The number of aromatic nitrogens is 2. The van der Waals surface area contributed by atoms with E-state index in [2.05, 4.69) is 22.2 Å². The van der Waals surface area contributed by atoms with Crippen molar-refractivity contribution in [3.63, 3.8) is 0 Å². The molecule has 7 heteroatoms. The molecule has 0 bridgehead atoms. The molecule has 1 aromatic carbocycles. The van der Waals surface area contributed by atoms with Gasteiger partial charge in [-0.25, -0.2) is 0 Å². The molecule has 0 aliphatic heterocycles. The van der Waals surface area contributed by atoms with Crippen LogP contribution in [0.4, 0.5) is 14.5 Å². The second-order valence-electron chi connectivity index (χ2n) is 6.85. The minimum absolute atomic E-state index is 0.243. The van der Waals surface area contributed by atoms with Gasteiger partial charge in [-0.15, -0.1) is 0 Å². The Morgan fingerprint density at radius 2 is 1.90 bits per heavy atom. The fraction of sp³-hybridized carbons (Fsp3) is 0.227. The number of carbonyl (C=O) groups is 1. The van der Waals surface area contributed by atoms with Crippen molar-refractivity contribution in [3.8, 4) is 11.3 Å². The predicted molar refractivity (Wildman–Crippen MR) is 114 cm³/mol. The van der Waals surface area contributed by atoms with Gasteiger partial charge >= 0.3 is 0 Å². The Bertz CT molecular complexity index is 1060. The highest BCUT2D eigenvalue weighted by Gasteiger charge is 2.27. The first-order chi connectivity index (χ1) is 13.7. The molecule has 2 aromatic heterocycles. The molecule has 0 saturated heterocycles. The second-order valence-corrected chi connectivity index (χ2v) is 7.58. The van der Waals surface area contributed by atoms with Crippen LogP contribution in [0.5, 0.6) is 0 Å². The molecule has 0 saturated carbocycles. The first kappa shape index (κ1) is 21.0. The molecular weight excluding hydrogens is 391 g/mol. The van der Waals surface area contributed by atoms with Gasteiger partial charge in [0.2, 0.25) is 0 Å². The molecule has 0 aliphatic rings. The maximum Gasteiger partial charge on any atom is 0.300 e. The number of anilines is 1. The van der Waals surface area contributed by atoms with Gasteiger partial charge in [-0.2, -0.15) is 8.78 Å². The number of aryl methyl sites for hydroxylation is 3. The van der Waals surface area contributed by atoms with Crippen LogP contribution in [0.2, 0.25) is 0 Å². The maximum atomic E-state index is 13.4. The average Bonchev–Trinajstić information content (AvgIpc) is 2.67. The largest absolute Gasteiger partial charge is 0.322 e. The Labute approximate surface area is 171 Å². The lowest BCUT2D eigenvalue weighted by atomic mass is 10.00. The van der Waals surface area contributed by atoms with Gasteiger partial charge in [-0.3, -0.25) is 14.8 Å². The van der Waals surface area contributed by atoms with Crippen molar-refractivity contribution in [2.45, 2.75) is 32.9 Å². The van der Waals surface area contributed by atoms with E-state index in [0.717, 1.165) is 34.9 Å². The smallest absolute Gasteiger partial charge is 0.300 e. The Morgan fingerprint density at radius 3 is 2.52 bits per heavy atom. The van der Waals surface area contributed by atoms with Gasteiger partial charge in [0.05, 0.1) is 17.0 Å². The Kier molecular flexibility index (Phi) is 6.04. The molecule has 0 radical (unpaired) electrons. The molecule has 0 spiro atoms. The summed E-state index contributed by atoms with van der Waals surface area (Å²) in [5.41, 5.74) is 1.56. The number of benzene rings is 1. The highest BCUT2D eigenvalue weighted by molar-refractivity contribution is 7.17. The van der Waals surface area contributed by atoms with E-state index in [-0.39, 0.29) is 11.3 Å². The van der Waals surface area contributed by atoms with Crippen LogP contribution in [0.1, 0.15) is 39.8 Å². The van der Waals surface area contributed by atoms with Crippen LogP contribution in [0, 0.1) is 13.8 Å². The summed E-state index contributed by atoms with van der Waals surface area (Å²) in [5.74, 6) is -0.402. The minimum Gasteiger partial charge on any atom is -0.322 e. The lowest BCUT2D eigenvalue weighted by molar-refractivity contribution is 0.0973. The Morgan fingerprint density at radius 1 is 1.14 bits per heavy atom. The molecule has 1 unspecified atom stereocenters.